The normalized spacial score (nSPS) is 13.2. The second kappa shape index (κ2) is 9.13. The molecule has 1 aromatic rings. The van der Waals surface area contributed by atoms with Gasteiger partial charge in [-0.1, -0.05) is 32.1 Å². The highest BCUT2D eigenvalue weighted by molar-refractivity contribution is 5.71. The summed E-state index contributed by atoms with van der Waals surface area (Å²) in [5.41, 5.74) is 1.09. The van der Waals surface area contributed by atoms with Gasteiger partial charge in [-0.25, -0.2) is 4.98 Å². The topological polar surface area (TPSA) is 52.3 Å². The van der Waals surface area contributed by atoms with Gasteiger partial charge in [-0.2, -0.15) is 0 Å². The van der Waals surface area contributed by atoms with Gasteiger partial charge in [-0.15, -0.1) is 0 Å². The van der Waals surface area contributed by atoms with E-state index < -0.39 is 0 Å². The first-order valence-electron chi connectivity index (χ1n) is 7.18. The van der Waals surface area contributed by atoms with Crippen LogP contribution in [0, 0.1) is 0 Å². The lowest BCUT2D eigenvalue weighted by atomic mass is 10.1. The Balaban J connectivity index is 0.000000956. The Morgan fingerprint density at radius 1 is 1.40 bits per heavy atom. The Morgan fingerprint density at radius 2 is 2.20 bits per heavy atom. The zero-order valence-corrected chi connectivity index (χ0v) is 12.5. The molecule has 4 heteroatoms. The molecule has 0 spiro atoms. The van der Waals surface area contributed by atoms with Crippen LogP contribution in [0.2, 0.25) is 0 Å². The highest BCUT2D eigenvalue weighted by atomic mass is 16.5. The molecule has 0 fully saturated rings. The average Bonchev–Trinajstić information content (AvgIpc) is 2.99. The van der Waals surface area contributed by atoms with E-state index in [0.29, 0.717) is 25.2 Å². The first-order valence-corrected chi connectivity index (χ1v) is 7.18. The summed E-state index contributed by atoms with van der Waals surface area (Å²) in [6.07, 6.45) is 12.0. The predicted molar refractivity (Wildman–Crippen MR) is 79.2 cm³/mol. The molecular weight excluding hydrogens is 254 g/mol. The number of hydrogen-bond donors (Lipinski definition) is 0. The number of nitrogens with zero attached hydrogens (tertiary/aromatic N) is 1. The average molecular weight is 277 g/mol. The van der Waals surface area contributed by atoms with Crippen LogP contribution in [-0.2, 0) is 16.0 Å². The molecule has 0 aliphatic heterocycles. The largest absolute Gasteiger partial charge is 0.469 e. The van der Waals surface area contributed by atoms with Crippen molar-refractivity contribution in [2.75, 3.05) is 7.11 Å². The molecule has 0 N–H and O–H groups in total. The van der Waals surface area contributed by atoms with E-state index in [9.17, 15) is 4.79 Å². The smallest absolute Gasteiger partial charge is 0.305 e. The molecule has 0 bridgehead atoms. The van der Waals surface area contributed by atoms with Crippen molar-refractivity contribution in [1.82, 2.24) is 4.98 Å². The number of aryl methyl sites for hydroxylation is 1. The summed E-state index contributed by atoms with van der Waals surface area (Å²) in [6.45, 7) is 4.00. The maximum Gasteiger partial charge on any atom is 0.305 e. The minimum atomic E-state index is -0.195. The van der Waals surface area contributed by atoms with Crippen molar-refractivity contribution in [2.45, 2.75) is 46.0 Å². The molecule has 0 radical (unpaired) electrons. The predicted octanol–water partition coefficient (Wildman–Crippen LogP) is 3.93. The summed E-state index contributed by atoms with van der Waals surface area (Å²) < 4.78 is 10.2. The standard InChI is InChI=1S/C14H17NO3.C2H6/c1-17-14(16)9-5-8-13-15-10-12(18-13)11-6-3-2-4-7-11;1-2/h3,6-7,10H,2,4-5,8-9H2,1H3;1-2H3. The van der Waals surface area contributed by atoms with Crippen LogP contribution in [0.5, 0.6) is 0 Å². The molecular formula is C16H23NO3. The van der Waals surface area contributed by atoms with Gasteiger partial charge in [0, 0.05) is 18.4 Å². The van der Waals surface area contributed by atoms with Crippen molar-refractivity contribution in [1.29, 1.82) is 0 Å². The summed E-state index contributed by atoms with van der Waals surface area (Å²) >= 11 is 0. The molecule has 2 rings (SSSR count). The number of aromatic nitrogens is 1. The molecule has 1 heterocycles. The lowest BCUT2D eigenvalue weighted by Gasteiger charge is -2.02. The van der Waals surface area contributed by atoms with Crippen molar-refractivity contribution < 1.29 is 13.9 Å². The second-order valence-electron chi connectivity index (χ2n) is 4.19. The highest BCUT2D eigenvalue weighted by Crippen LogP contribution is 2.22. The minimum absolute atomic E-state index is 0.195. The van der Waals surface area contributed by atoms with E-state index >= 15 is 0 Å². The monoisotopic (exact) mass is 277 g/mol. The van der Waals surface area contributed by atoms with Gasteiger partial charge in [-0.3, -0.25) is 4.79 Å². The van der Waals surface area contributed by atoms with Crippen LogP contribution in [-0.4, -0.2) is 18.1 Å². The summed E-state index contributed by atoms with van der Waals surface area (Å²) in [7, 11) is 1.40. The first-order chi connectivity index (χ1) is 9.79. The molecule has 0 amide bonds. The number of carbonyl (C=O) groups excluding carboxylic acids is 1. The van der Waals surface area contributed by atoms with Gasteiger partial charge < -0.3 is 9.15 Å². The van der Waals surface area contributed by atoms with Crippen molar-refractivity contribution in [3.8, 4) is 0 Å². The Labute approximate surface area is 120 Å². The van der Waals surface area contributed by atoms with Gasteiger partial charge >= 0.3 is 5.97 Å². The number of methoxy groups -OCH3 is 1. The highest BCUT2D eigenvalue weighted by Gasteiger charge is 2.09. The van der Waals surface area contributed by atoms with Gasteiger partial charge in [0.25, 0.3) is 0 Å². The van der Waals surface area contributed by atoms with Crippen molar-refractivity contribution >= 4 is 11.5 Å². The molecule has 4 nitrogen and oxygen atoms in total. The fraction of sp³-hybridized carbons (Fsp3) is 0.500. The number of esters is 1. The lowest BCUT2D eigenvalue weighted by Crippen LogP contribution is -2.00. The van der Waals surface area contributed by atoms with Gasteiger partial charge in [0.1, 0.15) is 0 Å². The number of carbonyl (C=O) groups is 1. The Bertz CT molecular complexity index is 472. The number of hydrogen-bond acceptors (Lipinski definition) is 4. The molecule has 0 aromatic carbocycles. The first kappa shape index (κ1) is 16.2. The Hall–Kier alpha value is -1.84. The van der Waals surface area contributed by atoms with Crippen molar-refractivity contribution in [3.05, 3.63) is 36.1 Å². The van der Waals surface area contributed by atoms with E-state index in [-0.39, 0.29) is 5.97 Å². The Morgan fingerprint density at radius 3 is 2.85 bits per heavy atom. The molecule has 1 aromatic heterocycles. The van der Waals surface area contributed by atoms with Gasteiger partial charge in [-0.05, 0) is 19.3 Å². The van der Waals surface area contributed by atoms with E-state index in [1.165, 1.54) is 7.11 Å². The number of rotatable bonds is 5. The van der Waals surface area contributed by atoms with Gasteiger partial charge in [0.05, 0.1) is 13.3 Å². The molecule has 0 saturated carbocycles. The van der Waals surface area contributed by atoms with E-state index in [4.69, 9.17) is 4.42 Å². The zero-order valence-electron chi connectivity index (χ0n) is 12.5. The lowest BCUT2D eigenvalue weighted by molar-refractivity contribution is -0.140. The fourth-order valence-corrected chi connectivity index (χ4v) is 1.84. The molecule has 110 valence electrons. The molecule has 1 aliphatic rings. The van der Waals surface area contributed by atoms with Crippen LogP contribution in [0.15, 0.2) is 28.8 Å². The third kappa shape index (κ3) is 5.03. The minimum Gasteiger partial charge on any atom is -0.469 e. The molecule has 0 atom stereocenters. The van der Waals surface area contributed by atoms with Crippen LogP contribution in [0.3, 0.4) is 0 Å². The van der Waals surface area contributed by atoms with E-state index in [1.807, 2.05) is 13.8 Å². The van der Waals surface area contributed by atoms with E-state index in [0.717, 1.165) is 24.2 Å². The SMILES string of the molecule is CC.COC(=O)CCCc1ncc(C2=CCCC=C2)o1. The van der Waals surface area contributed by atoms with Crippen molar-refractivity contribution in [3.63, 3.8) is 0 Å². The van der Waals surface area contributed by atoms with Crippen LogP contribution >= 0.6 is 0 Å². The third-order valence-electron chi connectivity index (χ3n) is 2.83. The molecule has 0 unspecified atom stereocenters. The Kier molecular flexibility index (Phi) is 7.40. The van der Waals surface area contributed by atoms with Crippen LogP contribution in [0.25, 0.3) is 5.57 Å². The van der Waals surface area contributed by atoms with Crippen LogP contribution in [0.4, 0.5) is 0 Å². The maximum absolute atomic E-state index is 11.0. The number of oxazole rings is 1. The molecule has 1 aliphatic carbocycles. The van der Waals surface area contributed by atoms with Crippen LogP contribution in [0.1, 0.15) is 51.2 Å². The van der Waals surface area contributed by atoms with Gasteiger partial charge in [0.15, 0.2) is 11.7 Å². The number of ether oxygens (including phenoxy) is 1. The third-order valence-corrected chi connectivity index (χ3v) is 2.83. The summed E-state index contributed by atoms with van der Waals surface area (Å²) in [5, 5.41) is 0. The van der Waals surface area contributed by atoms with Gasteiger partial charge in [0.2, 0.25) is 0 Å². The maximum atomic E-state index is 11.0. The second-order valence-corrected chi connectivity index (χ2v) is 4.19. The number of allylic oxidation sites excluding steroid dienone is 4. The summed E-state index contributed by atoms with van der Waals surface area (Å²) in [4.78, 5) is 15.2. The molecule has 0 saturated heterocycles. The van der Waals surface area contributed by atoms with E-state index in [1.54, 1.807) is 6.20 Å². The van der Waals surface area contributed by atoms with Crippen LogP contribution < -0.4 is 0 Å². The summed E-state index contributed by atoms with van der Waals surface area (Å²) in [5.74, 6) is 1.28. The quantitative estimate of drug-likeness (QED) is 0.765. The zero-order chi connectivity index (χ0) is 14.8. The van der Waals surface area contributed by atoms with Crippen molar-refractivity contribution in [2.24, 2.45) is 0 Å². The molecule has 20 heavy (non-hydrogen) atoms. The summed E-state index contributed by atoms with van der Waals surface area (Å²) in [6, 6.07) is 0. The van der Waals surface area contributed by atoms with E-state index in [2.05, 4.69) is 27.9 Å². The fourth-order valence-electron chi connectivity index (χ4n) is 1.84.